The number of nitrogens with two attached hydrogens (primary N) is 1. The van der Waals surface area contributed by atoms with Gasteiger partial charge in [-0.05, 0) is 19.2 Å². The standard InChI is InChI=1S/C15H18F2N6O/c1-19-8-6-23(7-8)12-5-11(21-15(18)22-12)20-10-4-3-9(16)14(24-2)13(10)17/h3-5,8,19H,6-7H2,1-2H3,(H3,18,20,21,22). The van der Waals surface area contributed by atoms with Gasteiger partial charge in [-0.3, -0.25) is 0 Å². The number of ether oxygens (including phenoxy) is 1. The van der Waals surface area contributed by atoms with E-state index in [-0.39, 0.29) is 11.6 Å². The van der Waals surface area contributed by atoms with E-state index in [9.17, 15) is 8.78 Å². The summed E-state index contributed by atoms with van der Waals surface area (Å²) in [6.07, 6.45) is 0. The number of hydrogen-bond donors (Lipinski definition) is 3. The fourth-order valence-corrected chi connectivity index (χ4v) is 2.48. The van der Waals surface area contributed by atoms with Crippen molar-refractivity contribution in [1.29, 1.82) is 0 Å². The molecule has 1 aromatic heterocycles. The van der Waals surface area contributed by atoms with Gasteiger partial charge in [-0.1, -0.05) is 0 Å². The highest BCUT2D eigenvalue weighted by Crippen LogP contribution is 2.30. The highest BCUT2D eigenvalue weighted by Gasteiger charge is 2.27. The smallest absolute Gasteiger partial charge is 0.223 e. The van der Waals surface area contributed by atoms with Gasteiger partial charge in [0.2, 0.25) is 5.95 Å². The predicted molar refractivity (Wildman–Crippen MR) is 87.7 cm³/mol. The third kappa shape index (κ3) is 3.02. The maximum atomic E-state index is 14.2. The molecular formula is C15H18F2N6O. The second-order valence-electron chi connectivity index (χ2n) is 5.43. The van der Waals surface area contributed by atoms with Crippen LogP contribution < -0.4 is 26.0 Å². The number of hydrogen-bond acceptors (Lipinski definition) is 7. The van der Waals surface area contributed by atoms with Crippen molar-refractivity contribution >= 4 is 23.3 Å². The van der Waals surface area contributed by atoms with Gasteiger partial charge >= 0.3 is 0 Å². The Morgan fingerprint density at radius 3 is 2.71 bits per heavy atom. The topological polar surface area (TPSA) is 88.3 Å². The maximum Gasteiger partial charge on any atom is 0.223 e. The number of nitrogen functional groups attached to an aromatic ring is 1. The van der Waals surface area contributed by atoms with Crippen LogP contribution in [0.3, 0.4) is 0 Å². The molecule has 1 fully saturated rings. The first-order chi connectivity index (χ1) is 11.5. The van der Waals surface area contributed by atoms with E-state index in [0.29, 0.717) is 17.7 Å². The SMILES string of the molecule is CNC1CN(c2cc(Nc3ccc(F)c(OC)c3F)nc(N)n2)C1. The summed E-state index contributed by atoms with van der Waals surface area (Å²) in [5.74, 6) is -1.04. The Labute approximate surface area is 137 Å². The zero-order valence-electron chi connectivity index (χ0n) is 13.3. The number of rotatable bonds is 5. The van der Waals surface area contributed by atoms with Crippen LogP contribution in [0.15, 0.2) is 18.2 Å². The number of anilines is 4. The summed E-state index contributed by atoms with van der Waals surface area (Å²) >= 11 is 0. The summed E-state index contributed by atoms with van der Waals surface area (Å²) in [5.41, 5.74) is 5.77. The normalized spacial score (nSPS) is 14.4. The Kier molecular flexibility index (Phi) is 4.34. The highest BCUT2D eigenvalue weighted by atomic mass is 19.1. The largest absolute Gasteiger partial charge is 0.491 e. The van der Waals surface area contributed by atoms with Gasteiger partial charge in [0.15, 0.2) is 17.4 Å². The number of halogens is 2. The summed E-state index contributed by atoms with van der Waals surface area (Å²) in [4.78, 5) is 10.2. The van der Waals surface area contributed by atoms with E-state index in [1.54, 1.807) is 6.07 Å². The Morgan fingerprint density at radius 2 is 2.04 bits per heavy atom. The van der Waals surface area contributed by atoms with Crippen molar-refractivity contribution in [3.63, 3.8) is 0 Å². The van der Waals surface area contributed by atoms with Gasteiger partial charge in [0.25, 0.3) is 0 Å². The number of methoxy groups -OCH3 is 1. The van der Waals surface area contributed by atoms with Crippen molar-refractivity contribution in [1.82, 2.24) is 15.3 Å². The number of nitrogens with one attached hydrogen (secondary N) is 2. The van der Waals surface area contributed by atoms with Crippen LogP contribution in [0.5, 0.6) is 5.75 Å². The van der Waals surface area contributed by atoms with Crippen LogP contribution in [-0.2, 0) is 0 Å². The van der Waals surface area contributed by atoms with Crippen molar-refractivity contribution in [2.45, 2.75) is 6.04 Å². The highest BCUT2D eigenvalue weighted by molar-refractivity contribution is 5.64. The molecule has 0 unspecified atom stereocenters. The zero-order valence-corrected chi connectivity index (χ0v) is 13.3. The predicted octanol–water partition coefficient (Wildman–Crippen LogP) is 1.50. The second kappa shape index (κ2) is 6.44. The van der Waals surface area contributed by atoms with E-state index >= 15 is 0 Å². The minimum atomic E-state index is -0.838. The lowest BCUT2D eigenvalue weighted by atomic mass is 10.1. The van der Waals surface area contributed by atoms with Crippen LogP contribution >= 0.6 is 0 Å². The molecule has 128 valence electrons. The van der Waals surface area contributed by atoms with Crippen molar-refractivity contribution in [2.24, 2.45) is 0 Å². The Hall–Kier alpha value is -2.68. The molecule has 3 rings (SSSR count). The first kappa shape index (κ1) is 16.2. The van der Waals surface area contributed by atoms with E-state index in [1.807, 2.05) is 11.9 Å². The minimum Gasteiger partial charge on any atom is -0.491 e. The van der Waals surface area contributed by atoms with Gasteiger partial charge in [-0.25, -0.2) is 8.78 Å². The molecule has 1 aliphatic rings. The molecule has 1 aliphatic heterocycles. The molecule has 0 aliphatic carbocycles. The summed E-state index contributed by atoms with van der Waals surface area (Å²) in [6.45, 7) is 1.59. The van der Waals surface area contributed by atoms with E-state index in [4.69, 9.17) is 10.5 Å². The van der Waals surface area contributed by atoms with Crippen molar-refractivity contribution in [3.05, 3.63) is 29.8 Å². The fourth-order valence-electron chi connectivity index (χ4n) is 2.48. The molecule has 2 aromatic rings. The summed E-state index contributed by atoms with van der Waals surface area (Å²) in [5, 5.41) is 5.95. The Morgan fingerprint density at radius 1 is 1.29 bits per heavy atom. The van der Waals surface area contributed by atoms with E-state index in [0.717, 1.165) is 19.2 Å². The second-order valence-corrected chi connectivity index (χ2v) is 5.43. The van der Waals surface area contributed by atoms with Gasteiger partial charge in [0.1, 0.15) is 11.6 Å². The molecule has 0 spiro atoms. The van der Waals surface area contributed by atoms with Gasteiger partial charge in [0.05, 0.1) is 12.8 Å². The molecule has 1 aromatic carbocycles. The molecule has 0 radical (unpaired) electrons. The molecule has 0 saturated carbocycles. The Bertz CT molecular complexity index is 751. The molecule has 0 amide bonds. The molecule has 9 heteroatoms. The van der Waals surface area contributed by atoms with Crippen LogP contribution in [-0.4, -0.2) is 43.3 Å². The van der Waals surface area contributed by atoms with Gasteiger partial charge in [-0.2, -0.15) is 9.97 Å². The van der Waals surface area contributed by atoms with E-state index in [2.05, 4.69) is 20.6 Å². The first-order valence-electron chi connectivity index (χ1n) is 7.37. The summed E-state index contributed by atoms with van der Waals surface area (Å²) < 4.78 is 32.4. The van der Waals surface area contributed by atoms with Crippen LogP contribution in [0.25, 0.3) is 0 Å². The molecular weight excluding hydrogens is 318 g/mol. The minimum absolute atomic E-state index is 0.0361. The average molecular weight is 336 g/mol. The van der Waals surface area contributed by atoms with Crippen LogP contribution in [0.4, 0.5) is 32.1 Å². The molecule has 0 bridgehead atoms. The zero-order chi connectivity index (χ0) is 17.3. The van der Waals surface area contributed by atoms with Crippen molar-refractivity contribution in [3.8, 4) is 5.75 Å². The molecule has 7 nitrogen and oxygen atoms in total. The summed E-state index contributed by atoms with van der Waals surface area (Å²) in [7, 11) is 3.10. The first-order valence-corrected chi connectivity index (χ1v) is 7.37. The molecule has 4 N–H and O–H groups in total. The lowest BCUT2D eigenvalue weighted by molar-refractivity contribution is 0.361. The Balaban J connectivity index is 1.84. The summed E-state index contributed by atoms with van der Waals surface area (Å²) in [6, 6.07) is 4.45. The van der Waals surface area contributed by atoms with Crippen LogP contribution in [0.2, 0.25) is 0 Å². The lowest BCUT2D eigenvalue weighted by Gasteiger charge is -2.40. The number of benzene rings is 1. The molecule has 24 heavy (non-hydrogen) atoms. The lowest BCUT2D eigenvalue weighted by Crippen LogP contribution is -2.57. The quantitative estimate of drug-likeness (QED) is 0.762. The van der Waals surface area contributed by atoms with Gasteiger partial charge in [0, 0.05) is 25.2 Å². The third-order valence-corrected chi connectivity index (χ3v) is 3.86. The van der Waals surface area contributed by atoms with Gasteiger partial charge < -0.3 is 26.0 Å². The average Bonchev–Trinajstić information content (AvgIpc) is 2.49. The van der Waals surface area contributed by atoms with Crippen molar-refractivity contribution < 1.29 is 13.5 Å². The fraction of sp³-hybridized carbons (Fsp3) is 0.333. The monoisotopic (exact) mass is 336 g/mol. The number of likely N-dealkylation sites (N-methyl/N-ethyl adjacent to an activating group) is 1. The number of nitrogens with zero attached hydrogens (tertiary/aromatic N) is 3. The van der Waals surface area contributed by atoms with E-state index < -0.39 is 17.4 Å². The maximum absolute atomic E-state index is 14.2. The van der Waals surface area contributed by atoms with Gasteiger partial charge in [-0.15, -0.1) is 0 Å². The molecule has 2 heterocycles. The number of aromatic nitrogens is 2. The van der Waals surface area contributed by atoms with E-state index in [1.165, 1.54) is 13.2 Å². The van der Waals surface area contributed by atoms with Crippen LogP contribution in [0.1, 0.15) is 0 Å². The third-order valence-electron chi connectivity index (χ3n) is 3.86. The van der Waals surface area contributed by atoms with Crippen LogP contribution in [0, 0.1) is 11.6 Å². The molecule has 1 saturated heterocycles. The molecule has 0 atom stereocenters. The van der Waals surface area contributed by atoms with Crippen molar-refractivity contribution in [2.75, 3.05) is 43.2 Å².